The molecule has 5 nitrogen and oxygen atoms in total. The van der Waals surface area contributed by atoms with E-state index in [1.54, 1.807) is 18.2 Å². The van der Waals surface area contributed by atoms with Crippen LogP contribution >= 0.6 is 15.9 Å². The van der Waals surface area contributed by atoms with Gasteiger partial charge in [0.25, 0.3) is 0 Å². The van der Waals surface area contributed by atoms with Gasteiger partial charge in [0.15, 0.2) is 0 Å². The number of hydrogen-bond acceptors (Lipinski definition) is 4. The highest BCUT2D eigenvalue weighted by atomic mass is 79.9. The van der Waals surface area contributed by atoms with E-state index < -0.39 is 5.97 Å². The fourth-order valence-electron chi connectivity index (χ4n) is 1.98. The van der Waals surface area contributed by atoms with E-state index in [-0.39, 0.29) is 5.56 Å². The number of nitrogens with one attached hydrogen (secondary N) is 1. The predicted octanol–water partition coefficient (Wildman–Crippen LogP) is 3.83. The molecular formula is C15H10BrN3O2. The van der Waals surface area contributed by atoms with Crippen LogP contribution in [0.4, 0.5) is 11.5 Å². The van der Waals surface area contributed by atoms with Gasteiger partial charge in [0.1, 0.15) is 12.1 Å². The number of carboxylic acid groups (broad SMARTS) is 1. The molecule has 0 aliphatic heterocycles. The Morgan fingerprint density at radius 3 is 2.71 bits per heavy atom. The number of hydrogen-bond donors (Lipinski definition) is 2. The van der Waals surface area contributed by atoms with Crippen LogP contribution in [0.2, 0.25) is 0 Å². The van der Waals surface area contributed by atoms with Crippen molar-refractivity contribution in [3.63, 3.8) is 0 Å². The van der Waals surface area contributed by atoms with E-state index in [1.807, 2.05) is 24.3 Å². The smallest absolute Gasteiger partial charge is 0.335 e. The van der Waals surface area contributed by atoms with E-state index in [1.165, 1.54) is 6.33 Å². The lowest BCUT2D eigenvalue weighted by Crippen LogP contribution is -1.99. The molecule has 0 aliphatic carbocycles. The van der Waals surface area contributed by atoms with Gasteiger partial charge >= 0.3 is 5.97 Å². The summed E-state index contributed by atoms with van der Waals surface area (Å²) in [5, 5.41) is 13.1. The summed E-state index contributed by atoms with van der Waals surface area (Å²) in [6.45, 7) is 0. The molecule has 0 saturated heterocycles. The summed E-state index contributed by atoms with van der Waals surface area (Å²) in [6, 6.07) is 12.5. The van der Waals surface area contributed by atoms with Crippen LogP contribution in [0.15, 0.2) is 53.3 Å². The van der Waals surface area contributed by atoms with Crippen LogP contribution in [-0.2, 0) is 0 Å². The minimum Gasteiger partial charge on any atom is -0.478 e. The monoisotopic (exact) mass is 343 g/mol. The van der Waals surface area contributed by atoms with Crippen LogP contribution < -0.4 is 5.32 Å². The topological polar surface area (TPSA) is 75.1 Å². The quantitative estimate of drug-likeness (QED) is 0.755. The molecule has 0 bridgehead atoms. The van der Waals surface area contributed by atoms with Crippen molar-refractivity contribution in [3.8, 4) is 0 Å². The molecule has 0 saturated carbocycles. The Kier molecular flexibility index (Phi) is 3.53. The molecule has 21 heavy (non-hydrogen) atoms. The second-order valence-corrected chi connectivity index (χ2v) is 5.22. The van der Waals surface area contributed by atoms with E-state index in [0.29, 0.717) is 10.3 Å². The summed E-state index contributed by atoms with van der Waals surface area (Å²) in [4.78, 5) is 19.4. The predicted molar refractivity (Wildman–Crippen MR) is 83.9 cm³/mol. The molecule has 1 aromatic heterocycles. The normalized spacial score (nSPS) is 10.5. The van der Waals surface area contributed by atoms with E-state index in [0.717, 1.165) is 16.6 Å². The zero-order valence-electron chi connectivity index (χ0n) is 10.7. The van der Waals surface area contributed by atoms with Gasteiger partial charge in [-0.25, -0.2) is 14.8 Å². The van der Waals surface area contributed by atoms with Crippen LogP contribution in [-0.4, -0.2) is 21.0 Å². The minimum absolute atomic E-state index is 0.222. The lowest BCUT2D eigenvalue weighted by atomic mass is 10.2. The van der Waals surface area contributed by atoms with Crippen molar-refractivity contribution in [3.05, 3.63) is 58.8 Å². The van der Waals surface area contributed by atoms with Gasteiger partial charge < -0.3 is 10.4 Å². The second-order valence-electron chi connectivity index (χ2n) is 4.36. The van der Waals surface area contributed by atoms with Crippen molar-refractivity contribution in [1.29, 1.82) is 0 Å². The number of para-hydroxylation sites is 1. The number of carboxylic acids is 1. The number of aromatic carboxylic acids is 1. The Bertz CT molecular complexity index is 831. The molecule has 0 aliphatic rings. The molecule has 0 unspecified atom stereocenters. The summed E-state index contributed by atoms with van der Waals surface area (Å²) in [7, 11) is 0. The van der Waals surface area contributed by atoms with Crippen LogP contribution in [0.1, 0.15) is 10.4 Å². The van der Waals surface area contributed by atoms with Crippen molar-refractivity contribution in [2.45, 2.75) is 0 Å². The number of fused-ring (bicyclic) bond motifs is 1. The maximum atomic E-state index is 10.9. The van der Waals surface area contributed by atoms with E-state index in [4.69, 9.17) is 5.11 Å². The molecule has 0 radical (unpaired) electrons. The van der Waals surface area contributed by atoms with Crippen LogP contribution in [0, 0.1) is 0 Å². The standard InChI is InChI=1S/C15H10BrN3O2/c16-11-7-9(15(20)21)5-6-13(11)19-14-10-3-1-2-4-12(10)17-8-18-14/h1-8H,(H,20,21)(H,17,18,19). The van der Waals surface area contributed by atoms with Crippen LogP contribution in [0.3, 0.4) is 0 Å². The van der Waals surface area contributed by atoms with Crippen molar-refractivity contribution >= 4 is 44.3 Å². The second kappa shape index (κ2) is 5.49. The fourth-order valence-corrected chi connectivity index (χ4v) is 2.46. The SMILES string of the molecule is O=C(O)c1ccc(Nc2ncnc3ccccc23)c(Br)c1. The number of benzene rings is 2. The Morgan fingerprint density at radius 1 is 1.14 bits per heavy atom. The molecule has 6 heteroatoms. The van der Waals surface area contributed by atoms with Gasteiger partial charge in [-0.2, -0.15) is 0 Å². The van der Waals surface area contributed by atoms with Gasteiger partial charge in [0.05, 0.1) is 16.8 Å². The maximum Gasteiger partial charge on any atom is 0.335 e. The average molecular weight is 344 g/mol. The van der Waals surface area contributed by atoms with Gasteiger partial charge in [-0.05, 0) is 46.3 Å². The number of nitrogens with zero attached hydrogens (tertiary/aromatic N) is 2. The lowest BCUT2D eigenvalue weighted by Gasteiger charge is -2.10. The number of halogens is 1. The third-order valence-corrected chi connectivity index (χ3v) is 3.67. The molecule has 0 atom stereocenters. The molecule has 0 amide bonds. The first-order chi connectivity index (χ1) is 10.1. The third kappa shape index (κ3) is 2.71. The summed E-state index contributed by atoms with van der Waals surface area (Å²) in [5.41, 5.74) is 1.80. The average Bonchev–Trinajstić information content (AvgIpc) is 2.49. The minimum atomic E-state index is -0.963. The molecular weight excluding hydrogens is 334 g/mol. The Balaban J connectivity index is 2.01. The number of anilines is 2. The summed E-state index contributed by atoms with van der Waals surface area (Å²) < 4.78 is 0.657. The maximum absolute atomic E-state index is 10.9. The Hall–Kier alpha value is -2.47. The number of carbonyl (C=O) groups is 1. The van der Waals surface area contributed by atoms with Crippen molar-refractivity contribution < 1.29 is 9.90 Å². The largest absolute Gasteiger partial charge is 0.478 e. The third-order valence-electron chi connectivity index (χ3n) is 3.01. The van der Waals surface area contributed by atoms with E-state index >= 15 is 0 Å². The first kappa shape index (κ1) is 13.5. The highest BCUT2D eigenvalue weighted by Crippen LogP contribution is 2.28. The van der Waals surface area contributed by atoms with Crippen LogP contribution in [0.25, 0.3) is 10.9 Å². The highest BCUT2D eigenvalue weighted by Gasteiger charge is 2.09. The molecule has 2 aromatic carbocycles. The van der Waals surface area contributed by atoms with Gasteiger partial charge in [-0.3, -0.25) is 0 Å². The molecule has 0 spiro atoms. The van der Waals surface area contributed by atoms with Crippen molar-refractivity contribution in [2.75, 3.05) is 5.32 Å². The lowest BCUT2D eigenvalue weighted by molar-refractivity contribution is 0.0697. The van der Waals surface area contributed by atoms with E-state index in [2.05, 4.69) is 31.2 Å². The van der Waals surface area contributed by atoms with Crippen molar-refractivity contribution in [2.24, 2.45) is 0 Å². The van der Waals surface area contributed by atoms with Gasteiger partial charge in [-0.1, -0.05) is 12.1 Å². The number of rotatable bonds is 3. The van der Waals surface area contributed by atoms with Gasteiger partial charge in [-0.15, -0.1) is 0 Å². The van der Waals surface area contributed by atoms with Crippen LogP contribution in [0.5, 0.6) is 0 Å². The first-order valence-electron chi connectivity index (χ1n) is 6.15. The zero-order chi connectivity index (χ0) is 14.8. The summed E-state index contributed by atoms with van der Waals surface area (Å²) in [5.74, 6) is -0.292. The molecule has 3 rings (SSSR count). The van der Waals surface area contributed by atoms with Gasteiger partial charge in [0.2, 0.25) is 0 Å². The first-order valence-corrected chi connectivity index (χ1v) is 6.94. The molecule has 3 aromatic rings. The summed E-state index contributed by atoms with van der Waals surface area (Å²) >= 11 is 3.37. The molecule has 0 fully saturated rings. The number of aromatic nitrogens is 2. The van der Waals surface area contributed by atoms with Crippen molar-refractivity contribution in [1.82, 2.24) is 9.97 Å². The molecule has 104 valence electrons. The Labute approximate surface area is 128 Å². The molecule has 2 N–H and O–H groups in total. The zero-order valence-corrected chi connectivity index (χ0v) is 12.3. The molecule has 1 heterocycles. The Morgan fingerprint density at radius 2 is 1.95 bits per heavy atom. The fraction of sp³-hybridized carbons (Fsp3) is 0. The summed E-state index contributed by atoms with van der Waals surface area (Å²) in [6.07, 6.45) is 1.49. The van der Waals surface area contributed by atoms with E-state index in [9.17, 15) is 4.79 Å². The highest BCUT2D eigenvalue weighted by molar-refractivity contribution is 9.10. The van der Waals surface area contributed by atoms with Gasteiger partial charge in [0, 0.05) is 9.86 Å².